The van der Waals surface area contributed by atoms with Crippen LogP contribution in [0.1, 0.15) is 24.3 Å². The second-order valence-electron chi connectivity index (χ2n) is 5.24. The van der Waals surface area contributed by atoms with Gasteiger partial charge in [0.25, 0.3) is 0 Å². The number of hydrogen-bond acceptors (Lipinski definition) is 5. The van der Waals surface area contributed by atoms with Gasteiger partial charge in [0.2, 0.25) is 11.8 Å². The summed E-state index contributed by atoms with van der Waals surface area (Å²) in [5.74, 6) is 3.54. The van der Waals surface area contributed by atoms with E-state index in [4.69, 9.17) is 4.42 Å². The monoisotopic (exact) mass is 322 g/mol. The van der Waals surface area contributed by atoms with Gasteiger partial charge in [0, 0.05) is 12.3 Å². The molecule has 0 unspecified atom stereocenters. The molecule has 112 valence electrons. The quantitative estimate of drug-likeness (QED) is 0.848. The second kappa shape index (κ2) is 6.66. The summed E-state index contributed by atoms with van der Waals surface area (Å²) in [5.41, 5.74) is 0.929. The minimum atomic E-state index is 0.117. The number of nitrogens with one attached hydrogen (secondary N) is 1. The molecule has 0 bridgehead atoms. The molecular weight excluding hydrogens is 304 g/mol. The van der Waals surface area contributed by atoms with Crippen molar-refractivity contribution in [2.45, 2.75) is 25.5 Å². The fraction of sp³-hybridized carbons (Fsp3) is 0.467. The van der Waals surface area contributed by atoms with E-state index in [2.05, 4.69) is 10.3 Å². The molecule has 1 N–H and O–H groups in total. The van der Waals surface area contributed by atoms with Crippen molar-refractivity contribution in [2.75, 3.05) is 12.3 Å². The molecular formula is C15H18N2O2S2. The van der Waals surface area contributed by atoms with E-state index in [-0.39, 0.29) is 5.91 Å². The Morgan fingerprint density at radius 2 is 2.43 bits per heavy atom. The van der Waals surface area contributed by atoms with Crippen LogP contribution in [-0.2, 0) is 10.5 Å². The molecule has 0 atom stereocenters. The van der Waals surface area contributed by atoms with Crippen molar-refractivity contribution >= 4 is 29.0 Å². The number of aromatic nitrogens is 1. The number of thioether (sulfide) groups is 1. The fourth-order valence-electron chi connectivity index (χ4n) is 1.94. The van der Waals surface area contributed by atoms with Gasteiger partial charge in [-0.25, -0.2) is 4.98 Å². The third kappa shape index (κ3) is 4.11. The summed E-state index contributed by atoms with van der Waals surface area (Å²) in [5, 5.41) is 4.98. The molecule has 4 nitrogen and oxygen atoms in total. The van der Waals surface area contributed by atoms with Gasteiger partial charge in [0.1, 0.15) is 5.76 Å². The summed E-state index contributed by atoms with van der Waals surface area (Å²) in [6.07, 6.45) is 2.52. The molecule has 6 heteroatoms. The Morgan fingerprint density at radius 3 is 3.14 bits per heavy atom. The Balaban J connectivity index is 1.47. The van der Waals surface area contributed by atoms with Crippen LogP contribution in [0.2, 0.25) is 0 Å². The van der Waals surface area contributed by atoms with E-state index in [0.29, 0.717) is 17.4 Å². The van der Waals surface area contributed by atoms with Gasteiger partial charge in [0.15, 0.2) is 0 Å². The Kier molecular flexibility index (Phi) is 4.65. The highest BCUT2D eigenvalue weighted by atomic mass is 32.2. The maximum atomic E-state index is 11.7. The number of rotatable bonds is 7. The van der Waals surface area contributed by atoms with E-state index >= 15 is 0 Å². The number of hydrogen-bond donors (Lipinski definition) is 1. The summed E-state index contributed by atoms with van der Waals surface area (Å²) in [6, 6.07) is 3.98. The van der Waals surface area contributed by atoms with E-state index in [1.54, 1.807) is 23.1 Å². The molecule has 1 saturated carbocycles. The van der Waals surface area contributed by atoms with Crippen LogP contribution in [0.3, 0.4) is 0 Å². The molecule has 1 fully saturated rings. The third-order valence-corrected chi connectivity index (χ3v) is 5.18. The lowest BCUT2D eigenvalue weighted by atomic mass is 10.4. The van der Waals surface area contributed by atoms with Gasteiger partial charge in [0.05, 0.1) is 16.3 Å². The first kappa shape index (κ1) is 14.7. The van der Waals surface area contributed by atoms with Gasteiger partial charge >= 0.3 is 0 Å². The predicted octanol–water partition coefficient (Wildman–Crippen LogP) is 3.47. The van der Waals surface area contributed by atoms with Crippen molar-refractivity contribution in [1.29, 1.82) is 0 Å². The largest absolute Gasteiger partial charge is 0.440 e. The lowest BCUT2D eigenvalue weighted by Crippen LogP contribution is -2.27. The first-order valence-electron chi connectivity index (χ1n) is 7.07. The van der Waals surface area contributed by atoms with Gasteiger partial charge in [-0.3, -0.25) is 4.79 Å². The average Bonchev–Trinajstić information content (AvgIpc) is 2.99. The second-order valence-corrected chi connectivity index (χ2v) is 7.17. The molecule has 0 saturated heterocycles. The van der Waals surface area contributed by atoms with Crippen LogP contribution < -0.4 is 5.32 Å². The first-order valence-corrected chi connectivity index (χ1v) is 9.10. The Morgan fingerprint density at radius 1 is 1.57 bits per heavy atom. The molecule has 2 aromatic rings. The van der Waals surface area contributed by atoms with Crippen molar-refractivity contribution in [3.63, 3.8) is 0 Å². The molecule has 0 radical (unpaired) electrons. The smallest absolute Gasteiger partial charge is 0.236 e. The topological polar surface area (TPSA) is 55.1 Å². The average molecular weight is 322 g/mol. The first-order chi connectivity index (χ1) is 10.2. The molecule has 1 aliphatic carbocycles. The van der Waals surface area contributed by atoms with Crippen LogP contribution >= 0.6 is 23.1 Å². The SMILES string of the molecule is Cc1oc(-c2cccs2)nc1CSCC(=O)NCC1CC1. The van der Waals surface area contributed by atoms with Crippen molar-refractivity contribution in [2.24, 2.45) is 5.92 Å². The third-order valence-electron chi connectivity index (χ3n) is 3.38. The number of carbonyl (C=O) groups excluding carboxylic acids is 1. The Bertz CT molecular complexity index is 603. The molecule has 1 aliphatic rings. The van der Waals surface area contributed by atoms with Crippen LogP contribution in [0.5, 0.6) is 0 Å². The van der Waals surface area contributed by atoms with Gasteiger partial charge in [-0.05, 0) is 37.1 Å². The van der Waals surface area contributed by atoms with Crippen LogP contribution in [0.15, 0.2) is 21.9 Å². The predicted molar refractivity (Wildman–Crippen MR) is 86.4 cm³/mol. The van der Waals surface area contributed by atoms with Crippen molar-refractivity contribution < 1.29 is 9.21 Å². The van der Waals surface area contributed by atoms with Gasteiger partial charge in [-0.15, -0.1) is 23.1 Å². The maximum absolute atomic E-state index is 11.7. The van der Waals surface area contributed by atoms with E-state index in [9.17, 15) is 4.79 Å². The van der Waals surface area contributed by atoms with Gasteiger partial charge in [-0.1, -0.05) is 6.07 Å². The number of nitrogens with zero attached hydrogens (tertiary/aromatic N) is 1. The van der Waals surface area contributed by atoms with Crippen LogP contribution in [0.4, 0.5) is 0 Å². The molecule has 1 amide bonds. The van der Waals surface area contributed by atoms with E-state index in [0.717, 1.165) is 28.8 Å². The molecule has 2 heterocycles. The molecule has 0 aliphatic heterocycles. The Hall–Kier alpha value is -1.27. The summed E-state index contributed by atoms with van der Waals surface area (Å²) in [7, 11) is 0. The molecule has 3 rings (SSSR count). The molecule has 21 heavy (non-hydrogen) atoms. The van der Waals surface area contributed by atoms with E-state index in [1.165, 1.54) is 12.8 Å². The number of amides is 1. The summed E-state index contributed by atoms with van der Waals surface area (Å²) in [4.78, 5) is 17.2. The highest BCUT2D eigenvalue weighted by Gasteiger charge is 2.21. The summed E-state index contributed by atoms with van der Waals surface area (Å²) < 4.78 is 5.69. The highest BCUT2D eigenvalue weighted by Crippen LogP contribution is 2.28. The zero-order valence-corrected chi connectivity index (χ0v) is 13.6. The van der Waals surface area contributed by atoms with E-state index < -0.39 is 0 Å². The van der Waals surface area contributed by atoms with Crippen molar-refractivity contribution in [3.05, 3.63) is 29.0 Å². The van der Waals surface area contributed by atoms with Gasteiger partial charge in [-0.2, -0.15) is 0 Å². The number of aryl methyl sites for hydroxylation is 1. The van der Waals surface area contributed by atoms with Crippen LogP contribution in [0, 0.1) is 12.8 Å². The Labute approximate surface area is 132 Å². The zero-order chi connectivity index (χ0) is 14.7. The van der Waals surface area contributed by atoms with Crippen LogP contribution in [-0.4, -0.2) is 23.2 Å². The lowest BCUT2D eigenvalue weighted by molar-refractivity contribution is -0.118. The minimum Gasteiger partial charge on any atom is -0.440 e. The zero-order valence-electron chi connectivity index (χ0n) is 11.9. The van der Waals surface area contributed by atoms with Crippen molar-refractivity contribution in [3.8, 4) is 10.8 Å². The number of carbonyl (C=O) groups is 1. The molecule has 0 aromatic carbocycles. The van der Waals surface area contributed by atoms with Crippen LogP contribution in [0.25, 0.3) is 10.8 Å². The summed E-state index contributed by atoms with van der Waals surface area (Å²) >= 11 is 3.19. The molecule has 2 aromatic heterocycles. The number of oxazole rings is 1. The fourth-order valence-corrected chi connectivity index (χ4v) is 3.44. The minimum absolute atomic E-state index is 0.117. The van der Waals surface area contributed by atoms with Gasteiger partial charge < -0.3 is 9.73 Å². The van der Waals surface area contributed by atoms with E-state index in [1.807, 2.05) is 24.4 Å². The number of thiophene rings is 1. The molecule has 0 spiro atoms. The van der Waals surface area contributed by atoms with Crippen molar-refractivity contribution in [1.82, 2.24) is 10.3 Å². The highest BCUT2D eigenvalue weighted by molar-refractivity contribution is 7.99. The standard InChI is InChI=1S/C15H18N2O2S2/c1-10-12(17-15(19-10)13-3-2-6-21-13)8-20-9-14(18)16-7-11-4-5-11/h2-3,6,11H,4-5,7-9H2,1H3,(H,16,18). The summed E-state index contributed by atoms with van der Waals surface area (Å²) in [6.45, 7) is 2.76. The maximum Gasteiger partial charge on any atom is 0.236 e. The normalized spacial score (nSPS) is 14.3. The lowest BCUT2D eigenvalue weighted by Gasteiger charge is -2.03.